The Morgan fingerprint density at radius 1 is 1.35 bits per heavy atom. The summed E-state index contributed by atoms with van der Waals surface area (Å²) in [7, 11) is 0. The van der Waals surface area contributed by atoms with Gasteiger partial charge in [-0.15, -0.1) is 0 Å². The summed E-state index contributed by atoms with van der Waals surface area (Å²) in [6.07, 6.45) is 5.32. The molecular formula is C14H20ClNO. The second kappa shape index (κ2) is 5.74. The molecule has 0 spiro atoms. The predicted molar refractivity (Wildman–Crippen MR) is 71.4 cm³/mol. The van der Waals surface area contributed by atoms with Gasteiger partial charge in [-0.3, -0.25) is 0 Å². The van der Waals surface area contributed by atoms with Crippen molar-refractivity contribution in [3.05, 3.63) is 28.8 Å². The second-order valence-corrected chi connectivity index (χ2v) is 5.31. The first kappa shape index (κ1) is 12.7. The summed E-state index contributed by atoms with van der Waals surface area (Å²) in [6, 6.07) is 5.69. The number of rotatable bonds is 3. The largest absolute Gasteiger partial charge is 0.490 e. The van der Waals surface area contributed by atoms with Gasteiger partial charge in [0.1, 0.15) is 11.9 Å². The molecule has 0 heterocycles. The van der Waals surface area contributed by atoms with Gasteiger partial charge in [-0.2, -0.15) is 0 Å². The van der Waals surface area contributed by atoms with Crippen LogP contribution >= 0.6 is 11.6 Å². The Morgan fingerprint density at radius 2 is 2.12 bits per heavy atom. The van der Waals surface area contributed by atoms with Crippen LogP contribution in [0.15, 0.2) is 18.2 Å². The maximum absolute atomic E-state index is 6.11. The average Bonchev–Trinajstić information content (AvgIpc) is 2.34. The number of hydrogen-bond donors (Lipinski definition) is 1. The minimum atomic E-state index is 0.329. The van der Waals surface area contributed by atoms with E-state index in [-0.39, 0.29) is 0 Å². The molecule has 2 unspecified atom stereocenters. The molecule has 94 valence electrons. The summed E-state index contributed by atoms with van der Waals surface area (Å²) in [5.41, 5.74) is 6.72. The van der Waals surface area contributed by atoms with Gasteiger partial charge >= 0.3 is 0 Å². The third kappa shape index (κ3) is 3.14. The van der Waals surface area contributed by atoms with Gasteiger partial charge in [0.05, 0.1) is 0 Å². The number of halogens is 1. The van der Waals surface area contributed by atoms with Crippen LogP contribution in [0.25, 0.3) is 0 Å². The summed E-state index contributed by atoms with van der Waals surface area (Å²) < 4.78 is 6.11. The molecule has 0 saturated heterocycles. The molecule has 0 radical (unpaired) electrons. The van der Waals surface area contributed by atoms with E-state index in [0.29, 0.717) is 18.6 Å². The van der Waals surface area contributed by atoms with Crippen LogP contribution in [0.3, 0.4) is 0 Å². The van der Waals surface area contributed by atoms with Crippen molar-refractivity contribution < 1.29 is 4.74 Å². The quantitative estimate of drug-likeness (QED) is 0.890. The first-order valence-corrected chi connectivity index (χ1v) is 6.73. The van der Waals surface area contributed by atoms with Crippen LogP contribution in [-0.2, 0) is 6.54 Å². The number of ether oxygens (including phenoxy) is 1. The molecule has 1 aliphatic rings. The molecule has 2 atom stereocenters. The van der Waals surface area contributed by atoms with Gasteiger partial charge in [0.25, 0.3) is 0 Å². The van der Waals surface area contributed by atoms with Gasteiger partial charge in [0, 0.05) is 17.1 Å². The van der Waals surface area contributed by atoms with E-state index in [1.54, 1.807) is 0 Å². The molecule has 17 heavy (non-hydrogen) atoms. The van der Waals surface area contributed by atoms with Gasteiger partial charge in [-0.05, 0) is 43.4 Å². The average molecular weight is 254 g/mol. The van der Waals surface area contributed by atoms with Crippen molar-refractivity contribution in [2.45, 2.75) is 45.3 Å². The van der Waals surface area contributed by atoms with Crippen molar-refractivity contribution in [2.24, 2.45) is 11.7 Å². The highest BCUT2D eigenvalue weighted by Crippen LogP contribution is 2.30. The third-order valence-electron chi connectivity index (χ3n) is 3.55. The van der Waals surface area contributed by atoms with Crippen molar-refractivity contribution in [3.8, 4) is 5.75 Å². The molecule has 2 rings (SSSR count). The Balaban J connectivity index is 2.11. The normalized spacial score (nSPS) is 24.6. The summed E-state index contributed by atoms with van der Waals surface area (Å²) in [5.74, 6) is 1.53. The van der Waals surface area contributed by atoms with Gasteiger partial charge in [0.15, 0.2) is 0 Å². The van der Waals surface area contributed by atoms with E-state index in [1.807, 2.05) is 18.2 Å². The zero-order valence-electron chi connectivity index (χ0n) is 10.3. The summed E-state index contributed by atoms with van der Waals surface area (Å²) in [5, 5.41) is 0.717. The Kier molecular flexibility index (Phi) is 4.30. The molecule has 0 aliphatic heterocycles. The molecule has 1 aromatic rings. The first-order valence-electron chi connectivity index (χ1n) is 6.36. The van der Waals surface area contributed by atoms with Crippen LogP contribution in [-0.4, -0.2) is 6.10 Å². The van der Waals surface area contributed by atoms with Gasteiger partial charge in [-0.25, -0.2) is 0 Å². The van der Waals surface area contributed by atoms with Crippen LogP contribution in [0.2, 0.25) is 5.02 Å². The highest BCUT2D eigenvalue weighted by Gasteiger charge is 2.23. The van der Waals surface area contributed by atoms with E-state index in [1.165, 1.54) is 19.3 Å². The monoisotopic (exact) mass is 253 g/mol. The van der Waals surface area contributed by atoms with Crippen LogP contribution in [0.1, 0.15) is 38.2 Å². The number of benzene rings is 1. The molecule has 0 amide bonds. The van der Waals surface area contributed by atoms with Crippen LogP contribution < -0.4 is 10.5 Å². The fourth-order valence-electron chi connectivity index (χ4n) is 2.44. The van der Waals surface area contributed by atoms with E-state index in [0.717, 1.165) is 22.8 Å². The van der Waals surface area contributed by atoms with Crippen molar-refractivity contribution in [1.82, 2.24) is 0 Å². The lowest BCUT2D eigenvalue weighted by Crippen LogP contribution is -2.28. The predicted octanol–water partition coefficient (Wildman–Crippen LogP) is 3.76. The first-order chi connectivity index (χ1) is 8.20. The molecule has 1 fully saturated rings. The van der Waals surface area contributed by atoms with E-state index in [4.69, 9.17) is 22.1 Å². The van der Waals surface area contributed by atoms with Gasteiger partial charge in [-0.1, -0.05) is 24.9 Å². The lowest BCUT2D eigenvalue weighted by Gasteiger charge is -2.30. The zero-order chi connectivity index (χ0) is 12.3. The van der Waals surface area contributed by atoms with Crippen molar-refractivity contribution in [2.75, 3.05) is 0 Å². The third-order valence-corrected chi connectivity index (χ3v) is 3.79. The van der Waals surface area contributed by atoms with E-state index in [9.17, 15) is 0 Å². The molecule has 2 nitrogen and oxygen atoms in total. The number of nitrogens with two attached hydrogens (primary N) is 1. The van der Waals surface area contributed by atoms with E-state index >= 15 is 0 Å². The summed E-state index contributed by atoms with van der Waals surface area (Å²) in [4.78, 5) is 0. The van der Waals surface area contributed by atoms with E-state index < -0.39 is 0 Å². The molecule has 1 saturated carbocycles. The fourth-order valence-corrected chi connectivity index (χ4v) is 2.64. The topological polar surface area (TPSA) is 35.2 Å². The number of hydrogen-bond acceptors (Lipinski definition) is 2. The van der Waals surface area contributed by atoms with Crippen LogP contribution in [0, 0.1) is 5.92 Å². The van der Waals surface area contributed by atoms with Crippen molar-refractivity contribution in [3.63, 3.8) is 0 Å². The highest BCUT2D eigenvalue weighted by atomic mass is 35.5. The second-order valence-electron chi connectivity index (χ2n) is 4.87. The SMILES string of the molecule is CC1CCCCC1Oc1ccc(Cl)cc1CN. The minimum absolute atomic E-state index is 0.329. The maximum atomic E-state index is 6.11. The minimum Gasteiger partial charge on any atom is -0.490 e. The van der Waals surface area contributed by atoms with Crippen molar-refractivity contribution in [1.29, 1.82) is 0 Å². The lowest BCUT2D eigenvalue weighted by molar-refractivity contribution is 0.101. The van der Waals surface area contributed by atoms with E-state index in [2.05, 4.69) is 6.92 Å². The highest BCUT2D eigenvalue weighted by molar-refractivity contribution is 6.30. The molecule has 1 aliphatic carbocycles. The molecule has 0 bridgehead atoms. The molecule has 3 heteroatoms. The smallest absolute Gasteiger partial charge is 0.124 e. The Morgan fingerprint density at radius 3 is 2.82 bits per heavy atom. The van der Waals surface area contributed by atoms with Crippen LogP contribution in [0.4, 0.5) is 0 Å². The van der Waals surface area contributed by atoms with Crippen molar-refractivity contribution >= 4 is 11.6 Å². The molecule has 1 aromatic carbocycles. The molecule has 2 N–H and O–H groups in total. The maximum Gasteiger partial charge on any atom is 0.124 e. The Labute approximate surface area is 108 Å². The zero-order valence-corrected chi connectivity index (χ0v) is 11.0. The van der Waals surface area contributed by atoms with Crippen LogP contribution in [0.5, 0.6) is 5.75 Å². The fraction of sp³-hybridized carbons (Fsp3) is 0.571. The van der Waals surface area contributed by atoms with Gasteiger partial charge < -0.3 is 10.5 Å². The standard InChI is InChI=1S/C14H20ClNO/c1-10-4-2-3-5-13(10)17-14-7-6-12(15)8-11(14)9-16/h6-8,10,13H,2-5,9,16H2,1H3. The summed E-state index contributed by atoms with van der Waals surface area (Å²) in [6.45, 7) is 2.73. The molecular weight excluding hydrogens is 234 g/mol. The lowest BCUT2D eigenvalue weighted by atomic mass is 9.88. The molecule has 0 aromatic heterocycles. The van der Waals surface area contributed by atoms with Gasteiger partial charge in [0.2, 0.25) is 0 Å². The summed E-state index contributed by atoms with van der Waals surface area (Å²) >= 11 is 5.96. The Hall–Kier alpha value is -0.730. The Bertz CT molecular complexity index is 380.